The van der Waals surface area contributed by atoms with Crippen molar-refractivity contribution in [2.75, 3.05) is 12.0 Å². The summed E-state index contributed by atoms with van der Waals surface area (Å²) in [6.07, 6.45) is -1.39. The summed E-state index contributed by atoms with van der Waals surface area (Å²) in [5.41, 5.74) is 1.54. The number of esters is 1. The number of carbonyl (C=O) groups is 1. The SMILES string of the molecule is CCc1cccc[n+]1CCc1cc(C#N)ccc1C1C(C(=O)OC)=C(C)N(c2cccc(C(F)(F)F)c2)c2n[nH]c(=O)n21.[Br-]. The number of alkyl halides is 3. The number of halogens is 4. The van der Waals surface area contributed by atoms with E-state index in [2.05, 4.69) is 27.8 Å². The van der Waals surface area contributed by atoms with Crippen LogP contribution in [-0.4, -0.2) is 27.8 Å². The summed E-state index contributed by atoms with van der Waals surface area (Å²) in [5, 5.41) is 16.2. The van der Waals surface area contributed by atoms with Crippen molar-refractivity contribution in [1.29, 1.82) is 5.26 Å². The monoisotopic (exact) mass is 668 g/mol. The molecule has 5 rings (SSSR count). The van der Waals surface area contributed by atoms with Crippen LogP contribution in [0.15, 0.2) is 82.9 Å². The number of pyridine rings is 1. The van der Waals surface area contributed by atoms with Crippen LogP contribution in [0.4, 0.5) is 24.8 Å². The molecule has 1 unspecified atom stereocenters. The number of rotatable bonds is 7. The normalized spacial score (nSPS) is 14.5. The number of nitriles is 1. The summed E-state index contributed by atoms with van der Waals surface area (Å²) in [4.78, 5) is 28.1. The van der Waals surface area contributed by atoms with Gasteiger partial charge in [0, 0.05) is 36.4 Å². The number of fused-ring (bicyclic) bond motifs is 1. The summed E-state index contributed by atoms with van der Waals surface area (Å²) >= 11 is 0. The molecule has 1 atom stereocenters. The van der Waals surface area contributed by atoms with Gasteiger partial charge in [-0.25, -0.2) is 23.8 Å². The Morgan fingerprint density at radius 3 is 2.61 bits per heavy atom. The smallest absolute Gasteiger partial charge is 0.416 e. The Bertz CT molecular complexity index is 1840. The van der Waals surface area contributed by atoms with Crippen molar-refractivity contribution in [2.24, 2.45) is 0 Å². The van der Waals surface area contributed by atoms with Crippen LogP contribution in [-0.2, 0) is 35.1 Å². The molecule has 2 aromatic heterocycles. The van der Waals surface area contributed by atoms with E-state index < -0.39 is 29.4 Å². The maximum Gasteiger partial charge on any atom is 0.416 e. The topological polar surface area (TPSA) is 108 Å². The number of methoxy groups -OCH3 is 1. The van der Waals surface area contributed by atoms with E-state index in [4.69, 9.17) is 4.74 Å². The molecular weight excluding hydrogens is 641 g/mol. The fourth-order valence-corrected chi connectivity index (χ4v) is 5.53. The van der Waals surface area contributed by atoms with Gasteiger partial charge in [0.1, 0.15) is 6.04 Å². The Hall–Kier alpha value is -4.70. The predicted octanol–water partition coefficient (Wildman–Crippen LogP) is 1.75. The van der Waals surface area contributed by atoms with E-state index in [0.29, 0.717) is 29.7 Å². The van der Waals surface area contributed by atoms with Gasteiger partial charge in [0.05, 0.1) is 29.9 Å². The van der Waals surface area contributed by atoms with Gasteiger partial charge in [0.15, 0.2) is 18.4 Å². The van der Waals surface area contributed by atoms with Crippen molar-refractivity contribution in [3.8, 4) is 6.07 Å². The van der Waals surface area contributed by atoms with Gasteiger partial charge in [-0.2, -0.15) is 18.4 Å². The number of aryl methyl sites for hydroxylation is 3. The van der Waals surface area contributed by atoms with Gasteiger partial charge in [0.2, 0.25) is 5.95 Å². The van der Waals surface area contributed by atoms with Crippen LogP contribution >= 0.6 is 0 Å². The van der Waals surface area contributed by atoms with Gasteiger partial charge in [-0.05, 0) is 48.4 Å². The van der Waals surface area contributed by atoms with Crippen LogP contribution in [0.1, 0.15) is 47.8 Å². The molecule has 228 valence electrons. The van der Waals surface area contributed by atoms with Crippen molar-refractivity contribution in [2.45, 2.75) is 45.5 Å². The molecule has 1 N–H and O–H groups in total. The summed E-state index contributed by atoms with van der Waals surface area (Å²) in [6, 6.07) is 16.6. The predicted molar refractivity (Wildman–Crippen MR) is 150 cm³/mol. The highest BCUT2D eigenvalue weighted by atomic mass is 79.9. The fraction of sp³-hybridized carbons (Fsp3) is 0.258. The molecule has 0 radical (unpaired) electrons. The van der Waals surface area contributed by atoms with Crippen LogP contribution in [0.3, 0.4) is 0 Å². The number of benzene rings is 2. The first-order valence-electron chi connectivity index (χ1n) is 13.5. The van der Waals surface area contributed by atoms with Crippen LogP contribution in [0.25, 0.3) is 0 Å². The van der Waals surface area contributed by atoms with Crippen molar-refractivity contribution in [1.82, 2.24) is 14.8 Å². The zero-order chi connectivity index (χ0) is 30.9. The lowest BCUT2D eigenvalue weighted by Gasteiger charge is -2.36. The number of allylic oxidation sites excluding steroid dienone is 1. The number of ether oxygens (including phenoxy) is 1. The van der Waals surface area contributed by atoms with Crippen LogP contribution < -0.4 is 32.1 Å². The number of hydrogen-bond donors (Lipinski definition) is 1. The summed E-state index contributed by atoms with van der Waals surface area (Å²) in [5.74, 6) is -0.764. The van der Waals surface area contributed by atoms with E-state index in [9.17, 15) is 28.0 Å². The van der Waals surface area contributed by atoms with E-state index in [1.807, 2.05) is 24.4 Å². The zero-order valence-electron chi connectivity index (χ0n) is 24.0. The molecule has 13 heteroatoms. The first-order valence-corrected chi connectivity index (χ1v) is 13.5. The van der Waals surface area contributed by atoms with E-state index in [1.165, 1.54) is 28.7 Å². The molecule has 2 aromatic carbocycles. The van der Waals surface area contributed by atoms with Gasteiger partial charge < -0.3 is 21.7 Å². The first kappa shape index (κ1) is 32.2. The molecule has 1 aliphatic rings. The molecule has 3 heterocycles. The highest BCUT2D eigenvalue weighted by Crippen LogP contribution is 2.43. The molecule has 44 heavy (non-hydrogen) atoms. The number of anilines is 2. The molecule has 1 aliphatic heterocycles. The van der Waals surface area contributed by atoms with Gasteiger partial charge in [-0.15, -0.1) is 5.10 Å². The van der Waals surface area contributed by atoms with Gasteiger partial charge in [-0.3, -0.25) is 4.90 Å². The third kappa shape index (κ3) is 5.90. The molecule has 0 spiro atoms. The van der Waals surface area contributed by atoms with Gasteiger partial charge >= 0.3 is 17.8 Å². The lowest BCUT2D eigenvalue weighted by molar-refractivity contribution is -0.703. The Balaban J connectivity index is 0.00000442. The Morgan fingerprint density at radius 1 is 1.16 bits per heavy atom. The molecule has 0 bridgehead atoms. The highest BCUT2D eigenvalue weighted by Gasteiger charge is 2.41. The lowest BCUT2D eigenvalue weighted by atomic mass is 9.89. The molecule has 0 fully saturated rings. The number of H-pyrrole nitrogens is 1. The Kier molecular flexibility index (Phi) is 9.44. The quantitative estimate of drug-likeness (QED) is 0.238. The number of aromatic amines is 1. The summed E-state index contributed by atoms with van der Waals surface area (Å²) in [6.45, 7) is 4.17. The average molecular weight is 670 g/mol. The maximum atomic E-state index is 13.6. The van der Waals surface area contributed by atoms with Crippen LogP contribution in [0.5, 0.6) is 0 Å². The number of carbonyl (C=O) groups excluding carboxylic acids is 1. The van der Waals surface area contributed by atoms with E-state index in [1.54, 1.807) is 25.1 Å². The molecule has 0 amide bonds. The number of hydrogen-bond acceptors (Lipinski definition) is 6. The third-order valence-electron chi connectivity index (χ3n) is 7.57. The second-order valence-corrected chi connectivity index (χ2v) is 9.99. The fourth-order valence-electron chi connectivity index (χ4n) is 5.53. The number of nitrogens with one attached hydrogen (secondary N) is 1. The molecule has 0 aliphatic carbocycles. The van der Waals surface area contributed by atoms with Crippen molar-refractivity contribution >= 4 is 17.6 Å². The molecular formula is C31H28BrF3N6O3. The molecule has 9 nitrogen and oxygen atoms in total. The molecule has 4 aromatic rings. The zero-order valence-corrected chi connectivity index (χ0v) is 25.6. The van der Waals surface area contributed by atoms with Crippen molar-refractivity contribution in [3.05, 3.63) is 117 Å². The second-order valence-electron chi connectivity index (χ2n) is 9.99. The van der Waals surface area contributed by atoms with Crippen LogP contribution in [0.2, 0.25) is 0 Å². The number of aromatic nitrogens is 4. The highest BCUT2D eigenvalue weighted by molar-refractivity contribution is 5.93. The third-order valence-corrected chi connectivity index (χ3v) is 7.57. The molecule has 0 saturated carbocycles. The lowest BCUT2D eigenvalue weighted by Crippen LogP contribution is -3.00. The minimum absolute atomic E-state index is 0. The summed E-state index contributed by atoms with van der Waals surface area (Å²) < 4.78 is 49.3. The average Bonchev–Trinajstić information content (AvgIpc) is 3.39. The maximum absolute atomic E-state index is 13.6. The second kappa shape index (κ2) is 12.9. The van der Waals surface area contributed by atoms with Crippen molar-refractivity contribution < 1.29 is 44.3 Å². The Labute approximate surface area is 261 Å². The minimum Gasteiger partial charge on any atom is -1.00 e. The minimum atomic E-state index is -4.62. The first-order chi connectivity index (χ1) is 20.6. The molecule has 0 saturated heterocycles. The van der Waals surface area contributed by atoms with Crippen LogP contribution in [0, 0.1) is 11.3 Å². The summed E-state index contributed by atoms with van der Waals surface area (Å²) in [7, 11) is 1.19. The van der Waals surface area contributed by atoms with Crippen molar-refractivity contribution in [3.63, 3.8) is 0 Å². The van der Waals surface area contributed by atoms with Gasteiger partial charge in [0.25, 0.3) is 0 Å². The standard InChI is InChI=1S/C31H27F3N6O3.BrH/c1-4-23-9-5-6-14-38(23)15-13-21-16-20(18-35)11-12-25(21)27-26(28(41)43-3)19(2)39(29-36-37-30(42)40(27)29)24-10-7-8-22(17-24)31(32,33)34;/h5-12,14,16-17,27H,4,13,15H2,1-3H3;1H. The van der Waals surface area contributed by atoms with E-state index >= 15 is 0 Å². The van der Waals surface area contributed by atoms with Gasteiger partial charge in [-0.1, -0.05) is 25.1 Å². The Morgan fingerprint density at radius 2 is 1.93 bits per heavy atom. The van der Waals surface area contributed by atoms with E-state index in [0.717, 1.165) is 24.2 Å². The number of nitrogens with zero attached hydrogens (tertiary/aromatic N) is 5. The largest absolute Gasteiger partial charge is 1.00 e. The van der Waals surface area contributed by atoms with E-state index in [-0.39, 0.29) is 39.9 Å².